The van der Waals surface area contributed by atoms with Crippen molar-refractivity contribution in [3.8, 4) is 0 Å². The second kappa shape index (κ2) is 6.55. The van der Waals surface area contributed by atoms with Crippen LogP contribution in [0.1, 0.15) is 37.0 Å². The van der Waals surface area contributed by atoms with E-state index >= 15 is 0 Å². The summed E-state index contributed by atoms with van der Waals surface area (Å²) in [4.78, 5) is 12.9. The minimum atomic E-state index is -0.735. The second-order valence-corrected chi connectivity index (χ2v) is 5.14. The van der Waals surface area contributed by atoms with Gasteiger partial charge in [0.15, 0.2) is 0 Å². The largest absolute Gasteiger partial charge is 0.481 e. The topological polar surface area (TPSA) is 40.5 Å². The zero-order valence-electron chi connectivity index (χ0n) is 11.7. The van der Waals surface area contributed by atoms with Gasteiger partial charge in [-0.15, -0.1) is 0 Å². The first-order chi connectivity index (χ1) is 8.40. The minimum absolute atomic E-state index is 0.198. The number of hydrogen-bond donors (Lipinski definition) is 1. The summed E-state index contributed by atoms with van der Waals surface area (Å²) >= 11 is 0. The fourth-order valence-electron chi connectivity index (χ4n) is 2.00. The van der Waals surface area contributed by atoms with Gasteiger partial charge in [-0.1, -0.05) is 23.8 Å². The van der Waals surface area contributed by atoms with Crippen molar-refractivity contribution in [2.75, 3.05) is 6.54 Å². The van der Waals surface area contributed by atoms with Gasteiger partial charge in [-0.25, -0.2) is 0 Å². The molecule has 0 aliphatic heterocycles. The van der Waals surface area contributed by atoms with Gasteiger partial charge in [-0.3, -0.25) is 9.69 Å². The number of aryl methyl sites for hydroxylation is 2. The molecule has 18 heavy (non-hydrogen) atoms. The highest BCUT2D eigenvalue weighted by atomic mass is 16.4. The highest BCUT2D eigenvalue weighted by Crippen LogP contribution is 2.15. The van der Waals surface area contributed by atoms with E-state index in [0.717, 1.165) is 6.54 Å². The third-order valence-electron chi connectivity index (χ3n) is 3.21. The van der Waals surface area contributed by atoms with E-state index in [-0.39, 0.29) is 6.42 Å². The van der Waals surface area contributed by atoms with Gasteiger partial charge < -0.3 is 5.11 Å². The molecule has 0 atom stereocenters. The van der Waals surface area contributed by atoms with Gasteiger partial charge >= 0.3 is 5.97 Å². The van der Waals surface area contributed by atoms with Gasteiger partial charge in [0.25, 0.3) is 0 Å². The van der Waals surface area contributed by atoms with Crippen LogP contribution >= 0.6 is 0 Å². The molecule has 1 aromatic carbocycles. The lowest BCUT2D eigenvalue weighted by atomic mass is 10.0. The molecule has 3 nitrogen and oxygen atoms in total. The van der Waals surface area contributed by atoms with Gasteiger partial charge in [-0.05, 0) is 38.8 Å². The maximum atomic E-state index is 10.7. The van der Waals surface area contributed by atoms with Crippen molar-refractivity contribution in [2.24, 2.45) is 0 Å². The van der Waals surface area contributed by atoms with Crippen LogP contribution in [0.15, 0.2) is 18.2 Å². The smallest absolute Gasteiger partial charge is 0.304 e. The second-order valence-electron chi connectivity index (χ2n) is 5.14. The predicted molar refractivity (Wildman–Crippen MR) is 73.7 cm³/mol. The highest BCUT2D eigenvalue weighted by Gasteiger charge is 2.12. The fraction of sp³-hybridized carbons (Fsp3) is 0.533. The molecule has 0 amide bonds. The zero-order chi connectivity index (χ0) is 13.7. The van der Waals surface area contributed by atoms with Gasteiger partial charge in [0.1, 0.15) is 0 Å². The lowest BCUT2D eigenvalue weighted by Crippen LogP contribution is -2.32. The number of benzene rings is 1. The first kappa shape index (κ1) is 14.7. The van der Waals surface area contributed by atoms with E-state index in [4.69, 9.17) is 5.11 Å². The van der Waals surface area contributed by atoms with E-state index in [0.29, 0.717) is 12.6 Å². The molecule has 0 radical (unpaired) electrons. The molecule has 1 aromatic rings. The zero-order valence-corrected chi connectivity index (χ0v) is 11.7. The van der Waals surface area contributed by atoms with Crippen LogP contribution in [0.4, 0.5) is 0 Å². The van der Waals surface area contributed by atoms with Gasteiger partial charge in [-0.2, -0.15) is 0 Å². The number of hydrogen-bond acceptors (Lipinski definition) is 2. The molecular weight excluding hydrogens is 226 g/mol. The van der Waals surface area contributed by atoms with Crippen LogP contribution in [0.25, 0.3) is 0 Å². The number of carboxylic acid groups (broad SMARTS) is 1. The lowest BCUT2D eigenvalue weighted by Gasteiger charge is -2.26. The standard InChI is InChI=1S/C15H23NO2/c1-11(2)16(8-7-15(17)18)10-14-6-5-12(3)9-13(14)4/h5-6,9,11H,7-8,10H2,1-4H3,(H,17,18). The molecule has 0 aromatic heterocycles. The summed E-state index contributed by atoms with van der Waals surface area (Å²) in [6.45, 7) is 9.81. The minimum Gasteiger partial charge on any atom is -0.481 e. The SMILES string of the molecule is Cc1ccc(CN(CCC(=O)O)C(C)C)c(C)c1. The highest BCUT2D eigenvalue weighted by molar-refractivity contribution is 5.66. The number of nitrogens with zero attached hydrogens (tertiary/aromatic N) is 1. The third kappa shape index (κ3) is 4.49. The number of carboxylic acids is 1. The summed E-state index contributed by atoms with van der Waals surface area (Å²) in [5.41, 5.74) is 3.81. The van der Waals surface area contributed by atoms with Crippen molar-refractivity contribution >= 4 is 5.97 Å². The average molecular weight is 249 g/mol. The normalized spacial score (nSPS) is 11.2. The maximum Gasteiger partial charge on any atom is 0.304 e. The molecule has 0 spiro atoms. The molecule has 0 heterocycles. The van der Waals surface area contributed by atoms with Gasteiger partial charge in [0.05, 0.1) is 6.42 Å². The molecular formula is C15H23NO2. The van der Waals surface area contributed by atoms with Crippen LogP contribution in [0.5, 0.6) is 0 Å². The first-order valence-electron chi connectivity index (χ1n) is 6.42. The Morgan fingerprint density at radius 2 is 2.00 bits per heavy atom. The van der Waals surface area contributed by atoms with Crippen molar-refractivity contribution in [3.63, 3.8) is 0 Å². The Morgan fingerprint density at radius 1 is 1.33 bits per heavy atom. The molecule has 100 valence electrons. The Morgan fingerprint density at radius 3 is 2.50 bits per heavy atom. The van der Waals surface area contributed by atoms with E-state index in [1.807, 2.05) is 0 Å². The van der Waals surface area contributed by atoms with Crippen LogP contribution in [0.3, 0.4) is 0 Å². The molecule has 3 heteroatoms. The van der Waals surface area contributed by atoms with E-state index in [1.165, 1.54) is 16.7 Å². The quantitative estimate of drug-likeness (QED) is 0.842. The van der Waals surface area contributed by atoms with Crippen molar-refractivity contribution in [2.45, 2.75) is 46.7 Å². The first-order valence-corrected chi connectivity index (χ1v) is 6.42. The monoisotopic (exact) mass is 249 g/mol. The molecule has 0 fully saturated rings. The number of rotatable bonds is 6. The van der Waals surface area contributed by atoms with Crippen LogP contribution in [-0.2, 0) is 11.3 Å². The van der Waals surface area contributed by atoms with Crippen LogP contribution in [0, 0.1) is 13.8 Å². The Kier molecular flexibility index (Phi) is 5.35. The maximum absolute atomic E-state index is 10.7. The average Bonchev–Trinajstić information content (AvgIpc) is 2.26. The van der Waals surface area contributed by atoms with E-state index < -0.39 is 5.97 Å². The summed E-state index contributed by atoms with van der Waals surface area (Å²) in [5.74, 6) is -0.735. The molecule has 0 saturated carbocycles. The van der Waals surface area contributed by atoms with Gasteiger partial charge in [0, 0.05) is 19.1 Å². The summed E-state index contributed by atoms with van der Waals surface area (Å²) in [6.07, 6.45) is 0.198. The summed E-state index contributed by atoms with van der Waals surface area (Å²) in [7, 11) is 0. The fourth-order valence-corrected chi connectivity index (χ4v) is 2.00. The van der Waals surface area contributed by atoms with Crippen LogP contribution in [0.2, 0.25) is 0 Å². The third-order valence-corrected chi connectivity index (χ3v) is 3.21. The molecule has 1 N–H and O–H groups in total. The van der Waals surface area contributed by atoms with Gasteiger partial charge in [0.2, 0.25) is 0 Å². The van der Waals surface area contributed by atoms with Crippen molar-refractivity contribution < 1.29 is 9.90 Å². The van der Waals surface area contributed by atoms with Crippen molar-refractivity contribution in [1.82, 2.24) is 4.90 Å². The predicted octanol–water partition coefficient (Wildman–Crippen LogP) is 2.99. The Labute approximate surface area is 109 Å². The lowest BCUT2D eigenvalue weighted by molar-refractivity contribution is -0.137. The summed E-state index contributed by atoms with van der Waals surface area (Å²) in [6, 6.07) is 6.77. The van der Waals surface area contributed by atoms with Crippen LogP contribution < -0.4 is 0 Å². The number of aliphatic carboxylic acids is 1. The van der Waals surface area contributed by atoms with Crippen molar-refractivity contribution in [3.05, 3.63) is 34.9 Å². The van der Waals surface area contributed by atoms with E-state index in [1.54, 1.807) is 0 Å². The molecule has 0 aliphatic rings. The van der Waals surface area contributed by atoms with Crippen molar-refractivity contribution in [1.29, 1.82) is 0 Å². The molecule has 1 rings (SSSR count). The van der Waals surface area contributed by atoms with E-state index in [9.17, 15) is 4.79 Å². The molecule has 0 aliphatic carbocycles. The Hall–Kier alpha value is -1.35. The Bertz CT molecular complexity index is 413. The summed E-state index contributed by atoms with van der Waals surface area (Å²) in [5, 5.41) is 8.77. The molecule has 0 bridgehead atoms. The Balaban J connectivity index is 2.73. The molecule has 0 unspecified atom stereocenters. The van der Waals surface area contributed by atoms with Crippen LogP contribution in [-0.4, -0.2) is 28.6 Å². The molecule has 0 saturated heterocycles. The summed E-state index contributed by atoms with van der Waals surface area (Å²) < 4.78 is 0. The number of carbonyl (C=O) groups is 1. The van der Waals surface area contributed by atoms with E-state index in [2.05, 4.69) is 50.8 Å².